The van der Waals surface area contributed by atoms with Crippen LogP contribution < -0.4 is 9.47 Å². The summed E-state index contributed by atoms with van der Waals surface area (Å²) >= 11 is 0. The average Bonchev–Trinajstić information content (AvgIpc) is 2.94. The Labute approximate surface area is 222 Å². The van der Waals surface area contributed by atoms with E-state index in [4.69, 9.17) is 14.2 Å². The molecule has 3 aromatic carbocycles. The van der Waals surface area contributed by atoms with Crippen LogP contribution in [0.3, 0.4) is 0 Å². The fourth-order valence-electron chi connectivity index (χ4n) is 3.65. The van der Waals surface area contributed by atoms with Crippen LogP contribution in [0.4, 0.5) is 0 Å². The third-order valence-corrected chi connectivity index (χ3v) is 5.55. The Bertz CT molecular complexity index is 1320. The molecule has 0 amide bonds. The third-order valence-electron chi connectivity index (χ3n) is 5.55. The highest BCUT2D eigenvalue weighted by Gasteiger charge is 2.09. The second kappa shape index (κ2) is 14.1. The van der Waals surface area contributed by atoms with Crippen molar-refractivity contribution in [1.29, 1.82) is 0 Å². The van der Waals surface area contributed by atoms with Gasteiger partial charge in [-0.15, -0.1) is 0 Å². The van der Waals surface area contributed by atoms with Crippen molar-refractivity contribution in [3.63, 3.8) is 0 Å². The molecular formula is C32H30O6. The summed E-state index contributed by atoms with van der Waals surface area (Å²) in [6.45, 7) is 9.08. The molecule has 6 nitrogen and oxygen atoms in total. The van der Waals surface area contributed by atoms with Crippen LogP contribution in [0.1, 0.15) is 30.0 Å². The van der Waals surface area contributed by atoms with Crippen LogP contribution in [0.2, 0.25) is 0 Å². The summed E-state index contributed by atoms with van der Waals surface area (Å²) in [5.74, 6) is -0.458. The van der Waals surface area contributed by atoms with Crippen molar-refractivity contribution in [1.82, 2.24) is 0 Å². The second-order valence-electron chi connectivity index (χ2n) is 8.34. The lowest BCUT2D eigenvalue weighted by Crippen LogP contribution is -2.07. The van der Waals surface area contributed by atoms with Gasteiger partial charge in [-0.05, 0) is 58.5 Å². The molecule has 0 N–H and O–H groups in total. The van der Waals surface area contributed by atoms with Gasteiger partial charge in [-0.25, -0.2) is 14.4 Å². The molecule has 0 aromatic heterocycles. The largest absolute Gasteiger partial charge is 0.462 e. The molecule has 0 bridgehead atoms. The van der Waals surface area contributed by atoms with Gasteiger partial charge in [-0.2, -0.15) is 0 Å². The molecule has 0 aliphatic rings. The van der Waals surface area contributed by atoms with E-state index in [1.807, 2.05) is 48.5 Å². The van der Waals surface area contributed by atoms with Gasteiger partial charge >= 0.3 is 17.9 Å². The molecule has 0 radical (unpaired) electrons. The molecule has 3 rings (SSSR count). The normalized spacial score (nSPS) is 10.6. The van der Waals surface area contributed by atoms with Crippen molar-refractivity contribution in [3.05, 3.63) is 115 Å². The zero-order valence-electron chi connectivity index (χ0n) is 21.4. The number of carbonyl (C=O) groups is 3. The van der Waals surface area contributed by atoms with Crippen molar-refractivity contribution in [3.8, 4) is 22.6 Å². The van der Waals surface area contributed by atoms with Crippen LogP contribution in [0, 0.1) is 0 Å². The molecule has 0 unspecified atom stereocenters. The van der Waals surface area contributed by atoms with Gasteiger partial charge in [0.2, 0.25) is 0 Å². The quantitative estimate of drug-likeness (QED) is 0.162. The van der Waals surface area contributed by atoms with E-state index in [0.29, 0.717) is 17.9 Å². The Morgan fingerprint density at radius 3 is 2.05 bits per heavy atom. The monoisotopic (exact) mass is 510 g/mol. The minimum atomic E-state index is -0.505. The van der Waals surface area contributed by atoms with Crippen LogP contribution in [-0.2, 0) is 32.0 Å². The van der Waals surface area contributed by atoms with E-state index in [1.54, 1.807) is 24.3 Å². The molecule has 194 valence electrons. The standard InChI is InChI=1S/C32H30O6/c1-4-7-27-22-24(20-21-36-30(33)5-2)10-18-29(27)38-32(35)19-11-23-8-12-25(13-9-23)26-14-16-28(17-15-26)37-31(34)6-3/h5-6,8-19,22H,2-4,7,20-21H2,1H3/b19-11+. The number of hydrogen-bond acceptors (Lipinski definition) is 6. The highest BCUT2D eigenvalue weighted by molar-refractivity contribution is 5.89. The molecule has 0 saturated heterocycles. The summed E-state index contributed by atoms with van der Waals surface area (Å²) in [7, 11) is 0. The molecule has 0 saturated carbocycles. The van der Waals surface area contributed by atoms with Crippen LogP contribution in [-0.4, -0.2) is 24.5 Å². The molecule has 38 heavy (non-hydrogen) atoms. The van der Waals surface area contributed by atoms with Gasteiger partial charge in [0.25, 0.3) is 0 Å². The minimum Gasteiger partial charge on any atom is -0.462 e. The van der Waals surface area contributed by atoms with E-state index >= 15 is 0 Å². The number of aryl methyl sites for hydroxylation is 1. The number of carbonyl (C=O) groups excluding carboxylic acids is 3. The van der Waals surface area contributed by atoms with Gasteiger partial charge in [0.15, 0.2) is 0 Å². The maximum atomic E-state index is 12.5. The Morgan fingerprint density at radius 1 is 0.763 bits per heavy atom. The summed E-state index contributed by atoms with van der Waals surface area (Å²) in [6.07, 6.45) is 7.56. The van der Waals surface area contributed by atoms with E-state index in [0.717, 1.165) is 52.8 Å². The van der Waals surface area contributed by atoms with Gasteiger partial charge in [-0.1, -0.05) is 75.0 Å². The van der Waals surface area contributed by atoms with Crippen LogP contribution in [0.15, 0.2) is 98.1 Å². The predicted octanol–water partition coefficient (Wildman–Crippen LogP) is 6.29. The Kier molecular flexibility index (Phi) is 10.4. The number of benzene rings is 3. The maximum absolute atomic E-state index is 12.5. The van der Waals surface area contributed by atoms with E-state index in [1.165, 1.54) is 6.08 Å². The average molecular weight is 511 g/mol. The summed E-state index contributed by atoms with van der Waals surface area (Å²) < 4.78 is 15.8. The number of esters is 3. The highest BCUT2D eigenvalue weighted by atomic mass is 16.5. The maximum Gasteiger partial charge on any atom is 0.336 e. The summed E-state index contributed by atoms with van der Waals surface area (Å²) in [5, 5.41) is 0. The lowest BCUT2D eigenvalue weighted by atomic mass is 10.0. The first kappa shape index (κ1) is 27.9. The topological polar surface area (TPSA) is 78.9 Å². The Balaban J connectivity index is 1.60. The first-order valence-corrected chi connectivity index (χ1v) is 12.3. The minimum absolute atomic E-state index is 0.257. The van der Waals surface area contributed by atoms with Gasteiger partial charge in [0, 0.05) is 24.6 Å². The fraction of sp³-hybridized carbons (Fsp3) is 0.156. The van der Waals surface area contributed by atoms with Gasteiger partial charge in [0.1, 0.15) is 11.5 Å². The van der Waals surface area contributed by atoms with E-state index in [2.05, 4.69) is 20.1 Å². The number of rotatable bonds is 12. The van der Waals surface area contributed by atoms with Gasteiger partial charge < -0.3 is 14.2 Å². The van der Waals surface area contributed by atoms with Gasteiger partial charge in [0.05, 0.1) is 6.61 Å². The highest BCUT2D eigenvalue weighted by Crippen LogP contribution is 2.24. The third kappa shape index (κ3) is 8.45. The van der Waals surface area contributed by atoms with E-state index in [-0.39, 0.29) is 6.61 Å². The molecular weight excluding hydrogens is 480 g/mol. The SMILES string of the molecule is C=CC(=O)OCCc1ccc(OC(=O)/C=C/c2ccc(-c3ccc(OC(=O)C=C)cc3)cc2)c(CCC)c1. The molecule has 0 heterocycles. The molecule has 3 aromatic rings. The first-order valence-electron chi connectivity index (χ1n) is 12.3. The van der Waals surface area contributed by atoms with Crippen LogP contribution >= 0.6 is 0 Å². The van der Waals surface area contributed by atoms with Crippen LogP contribution in [0.5, 0.6) is 11.5 Å². The van der Waals surface area contributed by atoms with Crippen molar-refractivity contribution < 1.29 is 28.6 Å². The van der Waals surface area contributed by atoms with Crippen molar-refractivity contribution >= 4 is 24.0 Å². The summed E-state index contributed by atoms with van der Waals surface area (Å²) in [5.41, 5.74) is 4.71. The molecule has 0 aliphatic heterocycles. The number of hydrogen-bond donors (Lipinski definition) is 0. The molecule has 0 atom stereocenters. The lowest BCUT2D eigenvalue weighted by Gasteiger charge is -2.11. The van der Waals surface area contributed by atoms with Gasteiger partial charge in [-0.3, -0.25) is 0 Å². The summed E-state index contributed by atoms with van der Waals surface area (Å²) in [4.78, 5) is 35.0. The van der Waals surface area contributed by atoms with Crippen molar-refractivity contribution in [2.75, 3.05) is 6.61 Å². The zero-order valence-corrected chi connectivity index (χ0v) is 21.4. The predicted molar refractivity (Wildman–Crippen MR) is 148 cm³/mol. The fourth-order valence-corrected chi connectivity index (χ4v) is 3.65. The molecule has 0 aliphatic carbocycles. The lowest BCUT2D eigenvalue weighted by molar-refractivity contribution is -0.137. The Hall–Kier alpha value is -4.71. The smallest absolute Gasteiger partial charge is 0.336 e. The molecule has 6 heteroatoms. The zero-order chi connectivity index (χ0) is 27.3. The van der Waals surface area contributed by atoms with Crippen molar-refractivity contribution in [2.24, 2.45) is 0 Å². The van der Waals surface area contributed by atoms with E-state index in [9.17, 15) is 14.4 Å². The molecule has 0 spiro atoms. The number of ether oxygens (including phenoxy) is 3. The van der Waals surface area contributed by atoms with E-state index < -0.39 is 17.9 Å². The molecule has 0 fully saturated rings. The second-order valence-corrected chi connectivity index (χ2v) is 8.34. The first-order chi connectivity index (χ1) is 18.4. The Morgan fingerprint density at radius 2 is 1.42 bits per heavy atom. The summed E-state index contributed by atoms with van der Waals surface area (Å²) in [6, 6.07) is 20.5. The van der Waals surface area contributed by atoms with Crippen LogP contribution in [0.25, 0.3) is 17.2 Å². The van der Waals surface area contributed by atoms with Crippen molar-refractivity contribution in [2.45, 2.75) is 26.2 Å².